The average molecular weight is 186 g/mol. The zero-order valence-corrected chi connectivity index (χ0v) is 8.35. The van der Waals surface area contributed by atoms with Crippen molar-refractivity contribution in [3.63, 3.8) is 0 Å². The van der Waals surface area contributed by atoms with Gasteiger partial charge < -0.3 is 5.73 Å². The lowest BCUT2D eigenvalue weighted by molar-refractivity contribution is 0.230. The van der Waals surface area contributed by atoms with Gasteiger partial charge in [-0.15, -0.1) is 0 Å². The summed E-state index contributed by atoms with van der Waals surface area (Å²) in [6, 6.07) is 0.704. The number of likely N-dealkylation sites (tertiary alicyclic amines) is 1. The largest absolute Gasteiger partial charge is 0.329 e. The van der Waals surface area contributed by atoms with Crippen LogP contribution in [0.1, 0.15) is 12.8 Å². The van der Waals surface area contributed by atoms with E-state index in [1.165, 1.54) is 37.4 Å². The first-order valence-electron chi connectivity index (χ1n) is 4.92. The zero-order chi connectivity index (χ0) is 8.39. The van der Waals surface area contributed by atoms with Crippen LogP contribution < -0.4 is 5.73 Å². The molecule has 12 heavy (non-hydrogen) atoms. The molecule has 0 aromatic carbocycles. The molecule has 2 fully saturated rings. The summed E-state index contributed by atoms with van der Waals surface area (Å²) in [5.74, 6) is 3.74. The highest BCUT2D eigenvalue weighted by Gasteiger charge is 2.28. The summed E-state index contributed by atoms with van der Waals surface area (Å²) in [7, 11) is 0. The van der Waals surface area contributed by atoms with Crippen LogP contribution in [0.2, 0.25) is 0 Å². The molecule has 0 amide bonds. The van der Waals surface area contributed by atoms with Gasteiger partial charge >= 0.3 is 0 Å². The summed E-state index contributed by atoms with van der Waals surface area (Å²) in [5, 5.41) is 0. The van der Waals surface area contributed by atoms with Gasteiger partial charge in [-0.1, -0.05) is 0 Å². The third-order valence-corrected chi connectivity index (χ3v) is 4.39. The first kappa shape index (κ1) is 8.85. The van der Waals surface area contributed by atoms with Crippen molar-refractivity contribution in [2.45, 2.75) is 18.9 Å². The predicted octanol–water partition coefficient (Wildman–Crippen LogP) is 0.772. The Bertz CT molecular complexity index is 147. The third kappa shape index (κ3) is 1.78. The minimum atomic E-state index is 0.704. The van der Waals surface area contributed by atoms with Gasteiger partial charge in [0.05, 0.1) is 0 Å². The molecule has 70 valence electrons. The highest BCUT2D eigenvalue weighted by Crippen LogP contribution is 2.27. The summed E-state index contributed by atoms with van der Waals surface area (Å²) in [5.41, 5.74) is 5.71. The average Bonchev–Trinajstić information content (AvgIpc) is 2.43. The molecule has 0 radical (unpaired) electrons. The van der Waals surface area contributed by atoms with Crippen molar-refractivity contribution >= 4 is 11.8 Å². The van der Waals surface area contributed by atoms with Crippen LogP contribution in [-0.2, 0) is 0 Å². The molecular weight excluding hydrogens is 168 g/mol. The van der Waals surface area contributed by atoms with Crippen LogP contribution in [0.3, 0.4) is 0 Å². The molecule has 0 aromatic heterocycles. The second-order valence-corrected chi connectivity index (χ2v) is 5.01. The van der Waals surface area contributed by atoms with Crippen molar-refractivity contribution < 1.29 is 0 Å². The van der Waals surface area contributed by atoms with E-state index in [2.05, 4.69) is 16.7 Å². The summed E-state index contributed by atoms with van der Waals surface area (Å²) < 4.78 is 0. The van der Waals surface area contributed by atoms with Crippen LogP contribution in [0.5, 0.6) is 0 Å². The first-order chi connectivity index (χ1) is 5.90. The molecule has 0 saturated carbocycles. The Morgan fingerprint density at radius 1 is 1.42 bits per heavy atom. The number of nitrogens with zero attached hydrogens (tertiary/aromatic N) is 1. The Balaban J connectivity index is 1.77. The van der Waals surface area contributed by atoms with E-state index in [-0.39, 0.29) is 0 Å². The number of hydrogen-bond donors (Lipinski definition) is 1. The number of rotatable bonds is 3. The molecule has 2 N–H and O–H groups in total. The van der Waals surface area contributed by atoms with Gasteiger partial charge in [-0.2, -0.15) is 11.8 Å². The molecule has 2 heterocycles. The molecule has 0 aliphatic carbocycles. The van der Waals surface area contributed by atoms with E-state index in [0.29, 0.717) is 6.04 Å². The molecular formula is C9H18N2S. The molecule has 1 atom stereocenters. The lowest BCUT2D eigenvalue weighted by Gasteiger charge is -2.32. The van der Waals surface area contributed by atoms with Crippen molar-refractivity contribution in [3.8, 4) is 0 Å². The van der Waals surface area contributed by atoms with Crippen molar-refractivity contribution in [1.29, 1.82) is 0 Å². The molecule has 2 aliphatic rings. The van der Waals surface area contributed by atoms with Crippen LogP contribution in [-0.4, -0.2) is 42.1 Å². The van der Waals surface area contributed by atoms with Gasteiger partial charge in [0.25, 0.3) is 0 Å². The van der Waals surface area contributed by atoms with Gasteiger partial charge in [-0.25, -0.2) is 0 Å². The van der Waals surface area contributed by atoms with Crippen molar-refractivity contribution in [3.05, 3.63) is 0 Å². The quantitative estimate of drug-likeness (QED) is 0.706. The standard InChI is InChI=1S/C9H18N2S/c10-4-9-2-1-3-11(9)5-8-6-12-7-8/h8-9H,1-7,10H2. The first-order valence-corrected chi connectivity index (χ1v) is 6.07. The maximum atomic E-state index is 5.71. The smallest absolute Gasteiger partial charge is 0.0219 e. The van der Waals surface area contributed by atoms with E-state index < -0.39 is 0 Å². The fourth-order valence-corrected chi connectivity index (χ4v) is 2.90. The Hall–Kier alpha value is 0.270. The Kier molecular flexibility index (Phi) is 2.94. The molecule has 2 aliphatic heterocycles. The molecule has 0 bridgehead atoms. The van der Waals surface area contributed by atoms with Gasteiger partial charge in [0.15, 0.2) is 0 Å². The lowest BCUT2D eigenvalue weighted by atomic mass is 10.1. The van der Waals surface area contributed by atoms with E-state index in [9.17, 15) is 0 Å². The van der Waals surface area contributed by atoms with Gasteiger partial charge in [0.2, 0.25) is 0 Å². The van der Waals surface area contributed by atoms with E-state index in [1.54, 1.807) is 0 Å². The van der Waals surface area contributed by atoms with Crippen molar-refractivity contribution in [2.75, 3.05) is 31.1 Å². The second kappa shape index (κ2) is 3.99. The minimum Gasteiger partial charge on any atom is -0.329 e. The maximum absolute atomic E-state index is 5.71. The van der Waals surface area contributed by atoms with Gasteiger partial charge in [-0.3, -0.25) is 4.90 Å². The SMILES string of the molecule is NCC1CCCN1CC1CSC1. The molecule has 2 saturated heterocycles. The Labute approximate surface area is 78.9 Å². The van der Waals surface area contributed by atoms with Crippen LogP contribution in [0, 0.1) is 5.92 Å². The zero-order valence-electron chi connectivity index (χ0n) is 7.54. The summed E-state index contributed by atoms with van der Waals surface area (Å²) >= 11 is 2.08. The summed E-state index contributed by atoms with van der Waals surface area (Å²) in [6.45, 7) is 3.47. The fourth-order valence-electron chi connectivity index (χ4n) is 2.12. The van der Waals surface area contributed by atoms with Gasteiger partial charge in [0, 0.05) is 19.1 Å². The molecule has 0 spiro atoms. The van der Waals surface area contributed by atoms with Crippen molar-refractivity contribution in [2.24, 2.45) is 11.7 Å². The monoisotopic (exact) mass is 186 g/mol. The normalized spacial score (nSPS) is 32.2. The van der Waals surface area contributed by atoms with Crippen LogP contribution in [0.4, 0.5) is 0 Å². The van der Waals surface area contributed by atoms with E-state index in [1.807, 2.05) is 0 Å². The maximum Gasteiger partial charge on any atom is 0.0219 e. The molecule has 2 rings (SSSR count). The van der Waals surface area contributed by atoms with E-state index >= 15 is 0 Å². The predicted molar refractivity (Wildman–Crippen MR) is 54.5 cm³/mol. The number of nitrogens with two attached hydrogens (primary N) is 1. The van der Waals surface area contributed by atoms with Crippen LogP contribution >= 0.6 is 11.8 Å². The highest BCUT2D eigenvalue weighted by molar-refractivity contribution is 8.00. The topological polar surface area (TPSA) is 29.3 Å². The minimum absolute atomic E-state index is 0.704. The van der Waals surface area contributed by atoms with E-state index in [4.69, 9.17) is 5.73 Å². The fraction of sp³-hybridized carbons (Fsp3) is 1.00. The van der Waals surface area contributed by atoms with Crippen LogP contribution in [0.25, 0.3) is 0 Å². The molecule has 3 heteroatoms. The molecule has 0 aromatic rings. The lowest BCUT2D eigenvalue weighted by Crippen LogP contribution is -2.41. The van der Waals surface area contributed by atoms with Crippen LogP contribution in [0.15, 0.2) is 0 Å². The number of hydrogen-bond acceptors (Lipinski definition) is 3. The van der Waals surface area contributed by atoms with Gasteiger partial charge in [-0.05, 0) is 36.8 Å². The van der Waals surface area contributed by atoms with E-state index in [0.717, 1.165) is 12.5 Å². The Morgan fingerprint density at radius 3 is 2.83 bits per heavy atom. The van der Waals surface area contributed by atoms with Crippen molar-refractivity contribution in [1.82, 2.24) is 4.90 Å². The third-order valence-electron chi connectivity index (χ3n) is 2.97. The second-order valence-electron chi connectivity index (χ2n) is 3.93. The number of thioether (sulfide) groups is 1. The molecule has 2 nitrogen and oxygen atoms in total. The summed E-state index contributed by atoms with van der Waals surface area (Å²) in [4.78, 5) is 2.60. The summed E-state index contributed by atoms with van der Waals surface area (Å²) in [6.07, 6.45) is 2.69. The highest BCUT2D eigenvalue weighted by atomic mass is 32.2. The molecule has 1 unspecified atom stereocenters. The van der Waals surface area contributed by atoms with Gasteiger partial charge in [0.1, 0.15) is 0 Å². The Morgan fingerprint density at radius 2 is 2.25 bits per heavy atom.